The normalized spacial score (nSPS) is 16.8. The Morgan fingerprint density at radius 1 is 1.18 bits per heavy atom. The molecule has 0 bridgehead atoms. The molecule has 2 fully saturated rings. The smallest absolute Gasteiger partial charge is 0.273 e. The van der Waals surface area contributed by atoms with Crippen molar-refractivity contribution in [1.29, 1.82) is 0 Å². The van der Waals surface area contributed by atoms with E-state index in [2.05, 4.69) is 31.0 Å². The molecule has 2 aliphatic rings. The summed E-state index contributed by atoms with van der Waals surface area (Å²) in [7, 11) is 1.50. The van der Waals surface area contributed by atoms with E-state index >= 15 is 0 Å². The lowest BCUT2D eigenvalue weighted by molar-refractivity contribution is -0.117. The fourth-order valence-electron chi connectivity index (χ4n) is 3.43. The van der Waals surface area contributed by atoms with Gasteiger partial charge in [0.2, 0.25) is 5.91 Å². The van der Waals surface area contributed by atoms with E-state index in [1.807, 2.05) is 11.4 Å². The number of carbonyl (C=O) groups is 2. The van der Waals surface area contributed by atoms with Crippen LogP contribution in [0.15, 0.2) is 30.5 Å². The predicted octanol–water partition coefficient (Wildman–Crippen LogP) is 2.53. The highest BCUT2D eigenvalue weighted by molar-refractivity contribution is 6.00. The summed E-state index contributed by atoms with van der Waals surface area (Å²) < 4.78 is 27.7. The molecule has 0 spiro atoms. The Morgan fingerprint density at radius 3 is 2.76 bits per heavy atom. The molecule has 33 heavy (non-hydrogen) atoms. The summed E-state index contributed by atoms with van der Waals surface area (Å²) in [6, 6.07) is 7.08. The van der Waals surface area contributed by atoms with Gasteiger partial charge >= 0.3 is 0 Å². The molecule has 3 N–H and O–H groups in total. The number of methoxy groups -OCH3 is 1. The van der Waals surface area contributed by atoms with Gasteiger partial charge in [0.05, 0.1) is 30.7 Å². The number of anilines is 3. The van der Waals surface area contributed by atoms with Crippen LogP contribution >= 0.6 is 0 Å². The number of benzene rings is 1. The molecule has 5 rings (SSSR count). The summed E-state index contributed by atoms with van der Waals surface area (Å²) in [4.78, 5) is 26.6. The average molecular weight is 452 g/mol. The molecule has 11 heteroatoms. The first-order valence-corrected chi connectivity index (χ1v) is 10.6. The topological polar surface area (TPSA) is 136 Å². The molecule has 1 aromatic carbocycles. The Kier molecular flexibility index (Phi) is 4.51. The third-order valence-electron chi connectivity index (χ3n) is 5.47. The summed E-state index contributed by atoms with van der Waals surface area (Å²) in [6.45, 7) is -2.72. The minimum absolute atomic E-state index is 0.0671. The number of para-hydroxylation sites is 1. The van der Waals surface area contributed by atoms with Gasteiger partial charge in [0, 0.05) is 28.6 Å². The van der Waals surface area contributed by atoms with Gasteiger partial charge in [0.25, 0.3) is 5.91 Å². The van der Waals surface area contributed by atoms with Crippen LogP contribution in [0.4, 0.5) is 17.2 Å². The van der Waals surface area contributed by atoms with Crippen molar-refractivity contribution >= 4 is 29.0 Å². The lowest BCUT2D eigenvalue weighted by Crippen LogP contribution is -2.22. The minimum atomic E-state index is -2.72. The largest absolute Gasteiger partial charge is 0.494 e. The van der Waals surface area contributed by atoms with E-state index in [4.69, 9.17) is 8.85 Å². The van der Waals surface area contributed by atoms with E-state index in [0.29, 0.717) is 28.7 Å². The molecule has 0 unspecified atom stereocenters. The molecule has 0 atom stereocenters. The summed E-state index contributed by atoms with van der Waals surface area (Å²) in [6.07, 6.45) is 5.36. The first kappa shape index (κ1) is 17.5. The highest BCUT2D eigenvalue weighted by atomic mass is 16.5. The maximum absolute atomic E-state index is 12.7. The van der Waals surface area contributed by atoms with Crippen molar-refractivity contribution in [3.63, 3.8) is 0 Å². The molecule has 2 heterocycles. The molecule has 170 valence electrons. The fourth-order valence-corrected chi connectivity index (χ4v) is 3.43. The molecule has 2 saturated carbocycles. The number of carbonyl (C=O) groups excluding carboxylic acids is 2. The third-order valence-corrected chi connectivity index (χ3v) is 5.47. The first-order valence-electron chi connectivity index (χ1n) is 12.1. The van der Waals surface area contributed by atoms with E-state index in [9.17, 15) is 9.59 Å². The number of nitrogens with one attached hydrogen (secondary N) is 3. The van der Waals surface area contributed by atoms with Crippen LogP contribution < -0.4 is 20.7 Å². The Morgan fingerprint density at radius 2 is 2.03 bits per heavy atom. The minimum Gasteiger partial charge on any atom is -0.494 e. The van der Waals surface area contributed by atoms with Crippen LogP contribution in [0.5, 0.6) is 5.75 Å². The van der Waals surface area contributed by atoms with E-state index in [-0.39, 0.29) is 29.0 Å². The number of hydrogen-bond donors (Lipinski definition) is 3. The van der Waals surface area contributed by atoms with Crippen LogP contribution in [-0.4, -0.2) is 51.1 Å². The Labute approximate surface area is 194 Å². The number of amides is 2. The lowest BCUT2D eigenvalue weighted by Gasteiger charge is -2.16. The highest BCUT2D eigenvalue weighted by Crippen LogP contribution is 2.39. The molecule has 0 radical (unpaired) electrons. The molecule has 2 aliphatic carbocycles. The second-order valence-electron chi connectivity index (χ2n) is 8.00. The zero-order valence-corrected chi connectivity index (χ0v) is 17.8. The van der Waals surface area contributed by atoms with Crippen LogP contribution in [0.3, 0.4) is 0 Å². The van der Waals surface area contributed by atoms with Crippen LogP contribution in [-0.2, 0) is 4.79 Å². The van der Waals surface area contributed by atoms with Gasteiger partial charge in [0.1, 0.15) is 5.69 Å². The predicted molar refractivity (Wildman–Crippen MR) is 120 cm³/mol. The van der Waals surface area contributed by atoms with Crippen LogP contribution in [0.2, 0.25) is 0 Å². The van der Waals surface area contributed by atoms with Crippen LogP contribution in [0.25, 0.3) is 11.3 Å². The first-order chi connectivity index (χ1) is 17.2. The van der Waals surface area contributed by atoms with Gasteiger partial charge in [-0.1, -0.05) is 6.07 Å². The fraction of sp³-hybridized carbons (Fsp3) is 0.364. The van der Waals surface area contributed by atoms with E-state index in [0.717, 1.165) is 25.7 Å². The van der Waals surface area contributed by atoms with Gasteiger partial charge < -0.3 is 20.7 Å². The van der Waals surface area contributed by atoms with Crippen molar-refractivity contribution in [2.75, 3.05) is 24.7 Å². The van der Waals surface area contributed by atoms with Crippen molar-refractivity contribution in [3.05, 3.63) is 36.2 Å². The highest BCUT2D eigenvalue weighted by Gasteiger charge is 2.30. The Hall–Kier alpha value is -4.02. The SMILES string of the molecule is [2H]C([2H])([2H])NC(=O)c1nnc(NC(=O)C2CC2)cc1Nc1cccc(-c2cnn(C3CC3)n2)c1OC. The van der Waals surface area contributed by atoms with Gasteiger partial charge in [-0.2, -0.15) is 15.0 Å². The molecule has 2 aromatic heterocycles. The zero-order valence-electron chi connectivity index (χ0n) is 20.8. The van der Waals surface area contributed by atoms with Gasteiger partial charge in [-0.05, 0) is 37.8 Å². The van der Waals surface area contributed by atoms with Gasteiger partial charge in [-0.15, -0.1) is 10.2 Å². The Bertz CT molecular complexity index is 1320. The quantitative estimate of drug-likeness (QED) is 0.475. The summed E-state index contributed by atoms with van der Waals surface area (Å²) >= 11 is 0. The third kappa shape index (κ3) is 4.34. The second kappa shape index (κ2) is 8.49. The summed E-state index contributed by atoms with van der Waals surface area (Å²) in [5, 5.41) is 24.4. The molecule has 0 aliphatic heterocycles. The molecule has 2 amide bonds. The number of rotatable bonds is 8. The second-order valence-corrected chi connectivity index (χ2v) is 8.00. The number of nitrogens with zero attached hydrogens (tertiary/aromatic N) is 5. The van der Waals surface area contributed by atoms with Crippen molar-refractivity contribution in [1.82, 2.24) is 30.5 Å². The number of ether oxygens (including phenoxy) is 1. The monoisotopic (exact) mass is 451 g/mol. The van der Waals surface area contributed by atoms with Crippen molar-refractivity contribution in [2.24, 2.45) is 5.92 Å². The van der Waals surface area contributed by atoms with E-state index in [1.165, 1.54) is 13.2 Å². The van der Waals surface area contributed by atoms with Gasteiger partial charge in [-0.25, -0.2) is 0 Å². The molecule has 11 nitrogen and oxygen atoms in total. The van der Waals surface area contributed by atoms with E-state index in [1.54, 1.807) is 23.1 Å². The van der Waals surface area contributed by atoms with Crippen molar-refractivity contribution in [3.8, 4) is 17.0 Å². The van der Waals surface area contributed by atoms with Crippen molar-refractivity contribution in [2.45, 2.75) is 31.7 Å². The Balaban J connectivity index is 1.49. The number of aromatic nitrogens is 5. The number of hydrogen-bond acceptors (Lipinski definition) is 8. The van der Waals surface area contributed by atoms with Crippen LogP contribution in [0, 0.1) is 5.92 Å². The average Bonchev–Trinajstić information content (AvgIpc) is 3.76. The zero-order chi connectivity index (χ0) is 25.4. The lowest BCUT2D eigenvalue weighted by atomic mass is 10.1. The molecule has 0 saturated heterocycles. The maximum Gasteiger partial charge on any atom is 0.273 e. The van der Waals surface area contributed by atoms with Crippen molar-refractivity contribution < 1.29 is 18.4 Å². The van der Waals surface area contributed by atoms with Gasteiger partial charge in [-0.3, -0.25) is 9.59 Å². The summed E-state index contributed by atoms with van der Waals surface area (Å²) in [5.74, 6) is -0.645. The van der Waals surface area contributed by atoms with Crippen LogP contribution in [0.1, 0.15) is 46.3 Å². The molecule has 3 aromatic rings. The standard InChI is InChI=1S/C22H24N8O3/c1-23-22(32)19-16(10-18(27-28-19)26-21(31)12-6-7-12)25-15-5-3-4-14(20(15)33-2)17-11-24-30(29-17)13-8-9-13/h3-5,10-13H,6-9H2,1-2H3,(H,23,32)(H2,25,26,27,31)/i1D3. The summed E-state index contributed by atoms with van der Waals surface area (Å²) in [5.41, 5.74) is 1.63. The van der Waals surface area contributed by atoms with Gasteiger partial charge in [0.15, 0.2) is 17.3 Å². The maximum atomic E-state index is 12.7. The van der Waals surface area contributed by atoms with E-state index < -0.39 is 12.9 Å². The molecular formula is C22H24N8O3. The molecular weight excluding hydrogens is 424 g/mol.